The highest BCUT2D eigenvalue weighted by atomic mass is 35.5. The molecule has 22 heavy (non-hydrogen) atoms. The molecule has 1 atom stereocenters. The molecule has 0 fully saturated rings. The molecule has 0 aliphatic rings. The topological polar surface area (TPSA) is 51.0 Å². The zero-order valence-corrected chi connectivity index (χ0v) is 13.2. The number of ether oxygens (including phenoxy) is 2. The van der Waals surface area contributed by atoms with Gasteiger partial charge in [0.05, 0.1) is 26.9 Å². The van der Waals surface area contributed by atoms with Crippen molar-refractivity contribution in [2.24, 2.45) is 4.99 Å². The molecule has 5 heteroatoms. The first kappa shape index (κ1) is 16.3. The van der Waals surface area contributed by atoms with Crippen LogP contribution in [-0.4, -0.2) is 32.1 Å². The van der Waals surface area contributed by atoms with Gasteiger partial charge in [-0.2, -0.15) is 0 Å². The van der Waals surface area contributed by atoms with Crippen LogP contribution >= 0.6 is 11.6 Å². The molecule has 2 rings (SSSR count). The molecule has 0 radical (unpaired) electrons. The van der Waals surface area contributed by atoms with E-state index in [1.165, 1.54) is 0 Å². The molecule has 2 aromatic carbocycles. The smallest absolute Gasteiger partial charge is 0.161 e. The second kappa shape index (κ2) is 7.82. The van der Waals surface area contributed by atoms with E-state index in [0.29, 0.717) is 16.5 Å². The predicted octanol–water partition coefficient (Wildman–Crippen LogP) is 3.51. The average molecular weight is 320 g/mol. The molecule has 0 aliphatic carbocycles. The van der Waals surface area contributed by atoms with E-state index < -0.39 is 6.10 Å². The van der Waals surface area contributed by atoms with Gasteiger partial charge in [-0.15, -0.1) is 0 Å². The number of methoxy groups -OCH3 is 2. The van der Waals surface area contributed by atoms with Crippen molar-refractivity contribution in [3.05, 3.63) is 58.6 Å². The number of hydrogen-bond donors (Lipinski definition) is 1. The van der Waals surface area contributed by atoms with Crippen molar-refractivity contribution in [3.8, 4) is 11.5 Å². The van der Waals surface area contributed by atoms with Gasteiger partial charge in [0.1, 0.15) is 0 Å². The highest BCUT2D eigenvalue weighted by Gasteiger charge is 2.10. The molecule has 1 unspecified atom stereocenters. The van der Waals surface area contributed by atoms with Gasteiger partial charge < -0.3 is 14.6 Å². The Morgan fingerprint density at radius 1 is 1.14 bits per heavy atom. The van der Waals surface area contributed by atoms with E-state index in [2.05, 4.69) is 4.99 Å². The second-order valence-electron chi connectivity index (χ2n) is 4.68. The number of hydrogen-bond acceptors (Lipinski definition) is 4. The maximum Gasteiger partial charge on any atom is 0.161 e. The lowest BCUT2D eigenvalue weighted by atomic mass is 10.1. The lowest BCUT2D eigenvalue weighted by molar-refractivity contribution is 0.187. The summed E-state index contributed by atoms with van der Waals surface area (Å²) in [6, 6.07) is 12.7. The van der Waals surface area contributed by atoms with Crippen LogP contribution in [0.3, 0.4) is 0 Å². The minimum absolute atomic E-state index is 0.252. The van der Waals surface area contributed by atoms with E-state index in [1.54, 1.807) is 44.7 Å². The van der Waals surface area contributed by atoms with Gasteiger partial charge in [-0.05, 0) is 35.4 Å². The number of halogens is 1. The van der Waals surface area contributed by atoms with E-state index in [0.717, 1.165) is 11.1 Å². The second-order valence-corrected chi connectivity index (χ2v) is 5.12. The van der Waals surface area contributed by atoms with Crippen molar-refractivity contribution >= 4 is 17.8 Å². The molecule has 4 nitrogen and oxygen atoms in total. The Bertz CT molecular complexity index is 658. The zero-order valence-electron chi connectivity index (χ0n) is 12.5. The molecule has 0 aromatic heterocycles. The Kier molecular flexibility index (Phi) is 5.81. The quantitative estimate of drug-likeness (QED) is 0.829. The molecular formula is C17H18ClNO3. The molecular weight excluding hydrogens is 302 g/mol. The molecule has 1 N–H and O–H groups in total. The maximum atomic E-state index is 10.2. The van der Waals surface area contributed by atoms with Gasteiger partial charge in [0.2, 0.25) is 0 Å². The Balaban J connectivity index is 2.04. The Labute approximate surface area is 135 Å². The number of nitrogens with zero attached hydrogens (tertiary/aromatic N) is 1. The number of aliphatic hydroxyl groups excluding tert-OH is 1. The van der Waals surface area contributed by atoms with E-state index in [-0.39, 0.29) is 6.54 Å². The lowest BCUT2D eigenvalue weighted by Gasteiger charge is -2.12. The van der Waals surface area contributed by atoms with Crippen molar-refractivity contribution in [2.75, 3.05) is 20.8 Å². The summed E-state index contributed by atoms with van der Waals surface area (Å²) in [6.07, 6.45) is 0.978. The van der Waals surface area contributed by atoms with Crippen molar-refractivity contribution in [2.45, 2.75) is 6.10 Å². The summed E-state index contributed by atoms with van der Waals surface area (Å²) in [7, 11) is 3.13. The van der Waals surface area contributed by atoms with Crippen LogP contribution in [-0.2, 0) is 0 Å². The number of aliphatic hydroxyl groups is 1. The van der Waals surface area contributed by atoms with Gasteiger partial charge in [0.15, 0.2) is 11.5 Å². The Morgan fingerprint density at radius 2 is 1.91 bits per heavy atom. The standard InChI is InChI=1S/C17H18ClNO3/c1-21-16-7-6-13(9-17(16)22-2)15(20)11-19-10-12-4-3-5-14(18)8-12/h3-10,15,20H,11H2,1-2H3. The Hall–Kier alpha value is -2.04. The molecule has 0 amide bonds. The van der Waals surface area contributed by atoms with Crippen LogP contribution in [0.1, 0.15) is 17.2 Å². The van der Waals surface area contributed by atoms with Crippen LogP contribution in [0.15, 0.2) is 47.5 Å². The van der Waals surface area contributed by atoms with E-state index in [4.69, 9.17) is 21.1 Å². The van der Waals surface area contributed by atoms with Crippen LogP contribution < -0.4 is 9.47 Å². The summed E-state index contributed by atoms with van der Waals surface area (Å²) in [5.41, 5.74) is 1.62. The third-order valence-corrected chi connectivity index (χ3v) is 3.39. The molecule has 0 heterocycles. The van der Waals surface area contributed by atoms with E-state index in [9.17, 15) is 5.11 Å². The summed E-state index contributed by atoms with van der Waals surface area (Å²) in [6.45, 7) is 0.252. The van der Waals surface area contributed by atoms with Crippen LogP contribution in [0.25, 0.3) is 0 Å². The molecule has 0 aliphatic heterocycles. The fourth-order valence-electron chi connectivity index (χ4n) is 2.01. The minimum atomic E-state index is -0.713. The summed E-state index contributed by atoms with van der Waals surface area (Å²) in [5.74, 6) is 1.21. The molecule has 116 valence electrons. The average Bonchev–Trinajstić information content (AvgIpc) is 2.54. The Morgan fingerprint density at radius 3 is 2.59 bits per heavy atom. The van der Waals surface area contributed by atoms with Crippen LogP contribution in [0.5, 0.6) is 11.5 Å². The van der Waals surface area contributed by atoms with Gasteiger partial charge in [0, 0.05) is 11.2 Å². The third-order valence-electron chi connectivity index (χ3n) is 3.16. The normalized spacial score (nSPS) is 12.4. The summed E-state index contributed by atoms with van der Waals surface area (Å²) in [4.78, 5) is 4.25. The van der Waals surface area contributed by atoms with Gasteiger partial charge in [0.25, 0.3) is 0 Å². The summed E-state index contributed by atoms with van der Waals surface area (Å²) < 4.78 is 10.4. The van der Waals surface area contributed by atoms with Crippen molar-refractivity contribution in [3.63, 3.8) is 0 Å². The third kappa shape index (κ3) is 4.23. The molecule has 0 bridgehead atoms. The monoisotopic (exact) mass is 319 g/mol. The fourth-order valence-corrected chi connectivity index (χ4v) is 2.21. The first-order valence-corrected chi connectivity index (χ1v) is 7.17. The van der Waals surface area contributed by atoms with E-state index >= 15 is 0 Å². The number of benzene rings is 2. The van der Waals surface area contributed by atoms with Gasteiger partial charge in [-0.1, -0.05) is 29.8 Å². The molecule has 0 saturated heterocycles. The predicted molar refractivity (Wildman–Crippen MR) is 88.4 cm³/mol. The number of aliphatic imine (C=N–C) groups is 1. The van der Waals surface area contributed by atoms with Gasteiger partial charge in [-0.3, -0.25) is 4.99 Å². The summed E-state index contributed by atoms with van der Waals surface area (Å²) >= 11 is 5.91. The van der Waals surface area contributed by atoms with Crippen molar-refractivity contribution < 1.29 is 14.6 Å². The molecule has 2 aromatic rings. The highest BCUT2D eigenvalue weighted by Crippen LogP contribution is 2.30. The fraction of sp³-hybridized carbons (Fsp3) is 0.235. The summed E-state index contributed by atoms with van der Waals surface area (Å²) in [5, 5.41) is 10.9. The highest BCUT2D eigenvalue weighted by molar-refractivity contribution is 6.30. The minimum Gasteiger partial charge on any atom is -0.493 e. The first-order valence-electron chi connectivity index (χ1n) is 6.79. The SMILES string of the molecule is COc1ccc(C(O)CN=Cc2cccc(Cl)c2)cc1OC. The van der Waals surface area contributed by atoms with Crippen LogP contribution in [0.2, 0.25) is 5.02 Å². The van der Waals surface area contributed by atoms with Crippen LogP contribution in [0.4, 0.5) is 0 Å². The molecule has 0 spiro atoms. The van der Waals surface area contributed by atoms with Gasteiger partial charge >= 0.3 is 0 Å². The van der Waals surface area contributed by atoms with Crippen molar-refractivity contribution in [1.29, 1.82) is 0 Å². The number of rotatable bonds is 6. The lowest BCUT2D eigenvalue weighted by Crippen LogP contribution is -2.03. The van der Waals surface area contributed by atoms with Gasteiger partial charge in [-0.25, -0.2) is 0 Å². The first-order chi connectivity index (χ1) is 10.6. The largest absolute Gasteiger partial charge is 0.493 e. The van der Waals surface area contributed by atoms with Crippen LogP contribution in [0, 0.1) is 0 Å². The zero-order chi connectivity index (χ0) is 15.9. The van der Waals surface area contributed by atoms with Crippen molar-refractivity contribution in [1.82, 2.24) is 0 Å². The van der Waals surface area contributed by atoms with E-state index in [1.807, 2.05) is 18.2 Å². The molecule has 0 saturated carbocycles. The maximum absolute atomic E-state index is 10.2.